The van der Waals surface area contributed by atoms with Crippen LogP contribution in [0.5, 0.6) is 5.75 Å². The number of benzene rings is 1. The lowest BCUT2D eigenvalue weighted by Gasteiger charge is -2.11. The zero-order chi connectivity index (χ0) is 12.1. The Kier molecular flexibility index (Phi) is 4.31. The molecule has 1 aromatic rings. The molecule has 0 aromatic heterocycles. The van der Waals surface area contributed by atoms with Crippen LogP contribution < -0.4 is 5.32 Å². The van der Waals surface area contributed by atoms with Gasteiger partial charge in [-0.25, -0.2) is 0 Å². The summed E-state index contributed by atoms with van der Waals surface area (Å²) in [5, 5.41) is 12.5. The fourth-order valence-corrected chi connectivity index (χ4v) is 1.33. The minimum absolute atomic E-state index is 0.0600. The van der Waals surface area contributed by atoms with Gasteiger partial charge in [-0.3, -0.25) is 4.79 Å². The summed E-state index contributed by atoms with van der Waals surface area (Å²) in [6, 6.07) is 5.15. The van der Waals surface area contributed by atoms with Gasteiger partial charge in [0.1, 0.15) is 5.75 Å². The van der Waals surface area contributed by atoms with Gasteiger partial charge < -0.3 is 15.3 Å². The molecular weight excluding hydrogens is 204 g/mol. The molecule has 0 fully saturated rings. The largest absolute Gasteiger partial charge is 0.507 e. The average molecular weight is 222 g/mol. The molecule has 1 aromatic carbocycles. The third-order valence-electron chi connectivity index (χ3n) is 2.33. The van der Waals surface area contributed by atoms with Crippen LogP contribution >= 0.6 is 0 Å². The SMILES string of the molecule is Cc1cccc(C(=O)NCCN(C)C)c1O. The van der Waals surface area contributed by atoms with Gasteiger partial charge in [-0.15, -0.1) is 0 Å². The van der Waals surface area contributed by atoms with Crippen LogP contribution in [-0.4, -0.2) is 43.1 Å². The molecule has 16 heavy (non-hydrogen) atoms. The highest BCUT2D eigenvalue weighted by atomic mass is 16.3. The minimum atomic E-state index is -0.233. The first-order valence-electron chi connectivity index (χ1n) is 5.24. The lowest BCUT2D eigenvalue weighted by atomic mass is 10.1. The summed E-state index contributed by atoms with van der Waals surface area (Å²) in [7, 11) is 3.88. The molecule has 88 valence electrons. The minimum Gasteiger partial charge on any atom is -0.507 e. The van der Waals surface area contributed by atoms with Gasteiger partial charge in [-0.1, -0.05) is 12.1 Å². The molecule has 0 atom stereocenters. The summed E-state index contributed by atoms with van der Waals surface area (Å²) in [6.45, 7) is 3.11. The summed E-state index contributed by atoms with van der Waals surface area (Å²) in [4.78, 5) is 13.7. The van der Waals surface area contributed by atoms with Crippen molar-refractivity contribution in [3.63, 3.8) is 0 Å². The summed E-state index contributed by atoms with van der Waals surface area (Å²) >= 11 is 0. The van der Waals surface area contributed by atoms with E-state index in [2.05, 4.69) is 5.32 Å². The maximum atomic E-state index is 11.7. The molecule has 0 aliphatic carbocycles. The molecule has 4 heteroatoms. The Morgan fingerprint density at radius 3 is 2.75 bits per heavy atom. The first kappa shape index (κ1) is 12.5. The molecule has 0 aliphatic heterocycles. The Morgan fingerprint density at radius 2 is 2.12 bits per heavy atom. The fourth-order valence-electron chi connectivity index (χ4n) is 1.33. The Bertz CT molecular complexity index is 375. The molecule has 1 amide bonds. The number of hydrogen-bond acceptors (Lipinski definition) is 3. The Labute approximate surface area is 95.9 Å². The molecule has 0 saturated carbocycles. The van der Waals surface area contributed by atoms with E-state index in [4.69, 9.17) is 0 Å². The van der Waals surface area contributed by atoms with Gasteiger partial charge in [0.05, 0.1) is 5.56 Å². The van der Waals surface area contributed by atoms with Crippen molar-refractivity contribution in [1.29, 1.82) is 0 Å². The van der Waals surface area contributed by atoms with E-state index in [1.54, 1.807) is 25.1 Å². The third kappa shape index (κ3) is 3.24. The van der Waals surface area contributed by atoms with Crippen LogP contribution in [0.2, 0.25) is 0 Å². The topological polar surface area (TPSA) is 52.6 Å². The number of aromatic hydroxyl groups is 1. The van der Waals surface area contributed by atoms with Crippen molar-refractivity contribution in [3.8, 4) is 5.75 Å². The first-order chi connectivity index (χ1) is 7.52. The van der Waals surface area contributed by atoms with E-state index in [1.165, 1.54) is 0 Å². The van der Waals surface area contributed by atoms with Gasteiger partial charge in [0.15, 0.2) is 0 Å². The highest BCUT2D eigenvalue weighted by Gasteiger charge is 2.11. The molecule has 0 radical (unpaired) electrons. The number of amides is 1. The standard InChI is InChI=1S/C12H18N2O2/c1-9-5-4-6-10(11(9)15)12(16)13-7-8-14(2)3/h4-6,15H,7-8H2,1-3H3,(H,13,16). The van der Waals surface area contributed by atoms with E-state index in [-0.39, 0.29) is 11.7 Å². The van der Waals surface area contributed by atoms with Crippen LogP contribution in [-0.2, 0) is 0 Å². The van der Waals surface area contributed by atoms with E-state index >= 15 is 0 Å². The second-order valence-electron chi connectivity index (χ2n) is 4.03. The lowest BCUT2D eigenvalue weighted by Crippen LogP contribution is -2.31. The van der Waals surface area contributed by atoms with Gasteiger partial charge in [0.25, 0.3) is 5.91 Å². The number of phenols is 1. The van der Waals surface area contributed by atoms with Crippen LogP contribution in [0.15, 0.2) is 18.2 Å². The molecule has 2 N–H and O–H groups in total. The van der Waals surface area contributed by atoms with Crippen molar-refractivity contribution in [1.82, 2.24) is 10.2 Å². The van der Waals surface area contributed by atoms with E-state index in [0.717, 1.165) is 6.54 Å². The Balaban J connectivity index is 2.63. The van der Waals surface area contributed by atoms with Gasteiger partial charge in [0.2, 0.25) is 0 Å². The van der Waals surface area contributed by atoms with E-state index < -0.39 is 0 Å². The molecule has 0 spiro atoms. The summed E-state index contributed by atoms with van der Waals surface area (Å²) in [5.74, 6) is -0.173. The number of nitrogens with zero attached hydrogens (tertiary/aromatic N) is 1. The fraction of sp³-hybridized carbons (Fsp3) is 0.417. The van der Waals surface area contributed by atoms with Gasteiger partial charge in [0, 0.05) is 13.1 Å². The average Bonchev–Trinajstić information content (AvgIpc) is 2.21. The predicted molar refractivity (Wildman–Crippen MR) is 63.7 cm³/mol. The van der Waals surface area contributed by atoms with Crippen LogP contribution in [0.25, 0.3) is 0 Å². The van der Waals surface area contributed by atoms with Crippen LogP contribution in [0.1, 0.15) is 15.9 Å². The van der Waals surface area contributed by atoms with Crippen molar-refractivity contribution in [2.45, 2.75) is 6.92 Å². The van der Waals surface area contributed by atoms with E-state index in [9.17, 15) is 9.90 Å². The molecule has 0 saturated heterocycles. The van der Waals surface area contributed by atoms with E-state index in [1.807, 2.05) is 19.0 Å². The number of carbonyl (C=O) groups is 1. The van der Waals surface area contributed by atoms with Crippen molar-refractivity contribution >= 4 is 5.91 Å². The number of rotatable bonds is 4. The van der Waals surface area contributed by atoms with Crippen LogP contribution in [0.3, 0.4) is 0 Å². The lowest BCUT2D eigenvalue weighted by molar-refractivity contribution is 0.0948. The number of carbonyl (C=O) groups excluding carboxylic acids is 1. The quantitative estimate of drug-likeness (QED) is 0.799. The van der Waals surface area contributed by atoms with Crippen molar-refractivity contribution < 1.29 is 9.90 Å². The first-order valence-corrected chi connectivity index (χ1v) is 5.24. The zero-order valence-electron chi connectivity index (χ0n) is 9.95. The van der Waals surface area contributed by atoms with Gasteiger partial charge >= 0.3 is 0 Å². The molecular formula is C12H18N2O2. The van der Waals surface area contributed by atoms with Crippen molar-refractivity contribution in [2.24, 2.45) is 0 Å². The Morgan fingerprint density at radius 1 is 1.44 bits per heavy atom. The van der Waals surface area contributed by atoms with Gasteiger partial charge in [-0.2, -0.15) is 0 Å². The van der Waals surface area contributed by atoms with E-state index in [0.29, 0.717) is 17.7 Å². The molecule has 0 aliphatic rings. The summed E-state index contributed by atoms with van der Waals surface area (Å²) in [6.07, 6.45) is 0. The number of phenolic OH excluding ortho intramolecular Hbond substituents is 1. The number of aryl methyl sites for hydroxylation is 1. The highest BCUT2D eigenvalue weighted by Crippen LogP contribution is 2.20. The molecule has 0 unspecified atom stereocenters. The normalized spacial score (nSPS) is 10.5. The summed E-state index contributed by atoms with van der Waals surface area (Å²) < 4.78 is 0. The molecule has 1 rings (SSSR count). The molecule has 4 nitrogen and oxygen atoms in total. The monoisotopic (exact) mass is 222 g/mol. The number of hydrogen-bond donors (Lipinski definition) is 2. The second-order valence-corrected chi connectivity index (χ2v) is 4.03. The smallest absolute Gasteiger partial charge is 0.255 e. The third-order valence-corrected chi connectivity index (χ3v) is 2.33. The maximum absolute atomic E-state index is 11.7. The van der Waals surface area contributed by atoms with Crippen LogP contribution in [0.4, 0.5) is 0 Å². The molecule has 0 heterocycles. The molecule has 0 bridgehead atoms. The van der Waals surface area contributed by atoms with Crippen molar-refractivity contribution in [2.75, 3.05) is 27.2 Å². The zero-order valence-corrected chi connectivity index (χ0v) is 9.95. The highest BCUT2D eigenvalue weighted by molar-refractivity contribution is 5.97. The number of likely N-dealkylation sites (N-methyl/N-ethyl adjacent to an activating group) is 1. The summed E-state index contributed by atoms with van der Waals surface area (Å²) in [5.41, 5.74) is 1.04. The maximum Gasteiger partial charge on any atom is 0.255 e. The van der Waals surface area contributed by atoms with Crippen LogP contribution in [0, 0.1) is 6.92 Å². The van der Waals surface area contributed by atoms with Crippen molar-refractivity contribution in [3.05, 3.63) is 29.3 Å². The second kappa shape index (κ2) is 5.51. The predicted octanol–water partition coefficient (Wildman–Crippen LogP) is 0.992. The number of nitrogens with one attached hydrogen (secondary N) is 1. The van der Waals surface area contributed by atoms with Gasteiger partial charge in [-0.05, 0) is 32.6 Å². The Hall–Kier alpha value is -1.55. The number of para-hydroxylation sites is 1.